The SMILES string of the molecule is NC1CCC(C(F)(F)F)N(C(=O)c2cc(F)c(F)cc2Cl)C1. The lowest BCUT2D eigenvalue weighted by molar-refractivity contribution is -0.184. The lowest BCUT2D eigenvalue weighted by atomic mass is 9.97. The lowest BCUT2D eigenvalue weighted by Gasteiger charge is -2.39. The average molecular weight is 343 g/mol. The highest BCUT2D eigenvalue weighted by Crippen LogP contribution is 2.33. The highest BCUT2D eigenvalue weighted by molar-refractivity contribution is 6.33. The molecule has 1 aromatic rings. The van der Waals surface area contributed by atoms with Crippen LogP contribution in [0.2, 0.25) is 5.02 Å². The molecule has 1 saturated heterocycles. The number of amides is 1. The van der Waals surface area contributed by atoms with E-state index in [0.29, 0.717) is 17.0 Å². The number of piperidine rings is 1. The van der Waals surface area contributed by atoms with Gasteiger partial charge in [-0.25, -0.2) is 8.78 Å². The summed E-state index contributed by atoms with van der Waals surface area (Å²) in [7, 11) is 0. The van der Waals surface area contributed by atoms with E-state index in [1.807, 2.05) is 0 Å². The van der Waals surface area contributed by atoms with Gasteiger partial charge >= 0.3 is 6.18 Å². The number of alkyl halides is 3. The van der Waals surface area contributed by atoms with Crippen molar-refractivity contribution in [3.63, 3.8) is 0 Å². The molecule has 22 heavy (non-hydrogen) atoms. The first kappa shape index (κ1) is 17.0. The summed E-state index contributed by atoms with van der Waals surface area (Å²) in [6, 6.07) is -1.60. The molecule has 1 fully saturated rings. The van der Waals surface area contributed by atoms with Crippen molar-refractivity contribution >= 4 is 17.5 Å². The normalized spacial score (nSPS) is 22.8. The maximum atomic E-state index is 13.2. The van der Waals surface area contributed by atoms with Crippen LogP contribution in [0.3, 0.4) is 0 Å². The zero-order valence-electron chi connectivity index (χ0n) is 11.1. The van der Waals surface area contributed by atoms with Crippen LogP contribution in [0.4, 0.5) is 22.0 Å². The number of likely N-dealkylation sites (tertiary alicyclic amines) is 1. The molecule has 1 heterocycles. The van der Waals surface area contributed by atoms with Gasteiger partial charge in [-0.3, -0.25) is 4.79 Å². The summed E-state index contributed by atoms with van der Waals surface area (Å²) >= 11 is 5.65. The van der Waals surface area contributed by atoms with E-state index in [1.54, 1.807) is 0 Å². The van der Waals surface area contributed by atoms with Crippen molar-refractivity contribution in [2.75, 3.05) is 6.54 Å². The second-order valence-corrected chi connectivity index (χ2v) is 5.51. The molecule has 122 valence electrons. The maximum Gasteiger partial charge on any atom is 0.408 e. The van der Waals surface area contributed by atoms with E-state index in [9.17, 15) is 26.7 Å². The summed E-state index contributed by atoms with van der Waals surface area (Å²) < 4.78 is 65.4. The molecule has 1 aromatic carbocycles. The van der Waals surface area contributed by atoms with Crippen LogP contribution in [0.5, 0.6) is 0 Å². The third kappa shape index (κ3) is 3.33. The second kappa shape index (κ2) is 6.00. The first-order chi connectivity index (χ1) is 10.1. The minimum atomic E-state index is -4.64. The van der Waals surface area contributed by atoms with Gasteiger partial charge < -0.3 is 10.6 Å². The Kier molecular flexibility index (Phi) is 4.62. The maximum absolute atomic E-state index is 13.2. The Labute approximate surface area is 127 Å². The van der Waals surface area contributed by atoms with Gasteiger partial charge in [-0.15, -0.1) is 0 Å². The largest absolute Gasteiger partial charge is 0.408 e. The van der Waals surface area contributed by atoms with Gasteiger partial charge in [0.1, 0.15) is 6.04 Å². The zero-order chi connectivity index (χ0) is 16.7. The summed E-state index contributed by atoms with van der Waals surface area (Å²) in [5.74, 6) is -3.77. The number of carbonyl (C=O) groups is 1. The fraction of sp³-hybridized carbons (Fsp3) is 0.462. The van der Waals surface area contributed by atoms with Crippen molar-refractivity contribution < 1.29 is 26.7 Å². The molecule has 9 heteroatoms. The number of halogens is 6. The van der Waals surface area contributed by atoms with Crippen LogP contribution in [-0.2, 0) is 0 Å². The highest BCUT2D eigenvalue weighted by Gasteiger charge is 2.48. The van der Waals surface area contributed by atoms with Crippen molar-refractivity contribution in [2.24, 2.45) is 5.73 Å². The Balaban J connectivity index is 2.39. The molecule has 2 rings (SSSR count). The van der Waals surface area contributed by atoms with Crippen LogP contribution in [0.1, 0.15) is 23.2 Å². The number of rotatable bonds is 1. The molecular formula is C13H12ClF5N2O. The van der Waals surface area contributed by atoms with Crippen LogP contribution in [0.25, 0.3) is 0 Å². The molecule has 0 saturated carbocycles. The van der Waals surface area contributed by atoms with E-state index in [0.717, 1.165) is 0 Å². The molecule has 0 aliphatic carbocycles. The van der Waals surface area contributed by atoms with Gasteiger partial charge in [0.2, 0.25) is 0 Å². The monoisotopic (exact) mass is 342 g/mol. The number of carbonyl (C=O) groups excluding carboxylic acids is 1. The molecule has 1 aliphatic rings. The number of nitrogens with zero attached hydrogens (tertiary/aromatic N) is 1. The molecule has 2 N–H and O–H groups in total. The number of nitrogens with two attached hydrogens (primary N) is 1. The van der Waals surface area contributed by atoms with Crippen LogP contribution in [0, 0.1) is 11.6 Å². The molecule has 0 aromatic heterocycles. The van der Waals surface area contributed by atoms with Crippen molar-refractivity contribution in [1.29, 1.82) is 0 Å². The third-order valence-corrected chi connectivity index (χ3v) is 3.81. The molecule has 2 unspecified atom stereocenters. The topological polar surface area (TPSA) is 46.3 Å². The fourth-order valence-electron chi connectivity index (χ4n) is 2.40. The Morgan fingerprint density at radius 1 is 1.23 bits per heavy atom. The summed E-state index contributed by atoms with van der Waals surface area (Å²) in [4.78, 5) is 12.8. The predicted molar refractivity (Wildman–Crippen MR) is 69.5 cm³/mol. The number of benzene rings is 1. The Bertz CT molecular complexity index is 593. The molecule has 2 atom stereocenters. The van der Waals surface area contributed by atoms with Crippen LogP contribution in [0.15, 0.2) is 12.1 Å². The number of hydrogen-bond acceptors (Lipinski definition) is 2. The Hall–Kier alpha value is -1.41. The van der Waals surface area contributed by atoms with E-state index in [1.165, 1.54) is 0 Å². The molecule has 3 nitrogen and oxygen atoms in total. The van der Waals surface area contributed by atoms with Crippen LogP contribution >= 0.6 is 11.6 Å². The summed E-state index contributed by atoms with van der Waals surface area (Å²) in [5, 5.41) is -0.455. The second-order valence-electron chi connectivity index (χ2n) is 5.10. The van der Waals surface area contributed by atoms with Gasteiger partial charge in [0.05, 0.1) is 10.6 Å². The third-order valence-electron chi connectivity index (χ3n) is 3.50. The van der Waals surface area contributed by atoms with Crippen LogP contribution in [-0.4, -0.2) is 35.6 Å². The van der Waals surface area contributed by atoms with E-state index < -0.39 is 46.4 Å². The standard InChI is InChI=1S/C13H12ClF5N2O/c14-8-4-10(16)9(15)3-7(8)12(22)21-5-6(20)1-2-11(21)13(17,18)19/h3-4,6,11H,1-2,5,20H2. The van der Waals surface area contributed by atoms with Crippen LogP contribution < -0.4 is 5.73 Å². The first-order valence-electron chi connectivity index (χ1n) is 6.39. The van der Waals surface area contributed by atoms with Gasteiger partial charge in [-0.1, -0.05) is 11.6 Å². The average Bonchev–Trinajstić information content (AvgIpc) is 2.40. The van der Waals surface area contributed by atoms with Gasteiger partial charge in [0.15, 0.2) is 11.6 Å². The lowest BCUT2D eigenvalue weighted by Crippen LogP contribution is -2.56. The van der Waals surface area contributed by atoms with E-state index >= 15 is 0 Å². The summed E-state index contributed by atoms with van der Waals surface area (Å²) in [6.45, 7) is -0.335. The molecular weight excluding hydrogens is 331 g/mol. The molecule has 0 radical (unpaired) electrons. The van der Waals surface area contributed by atoms with E-state index in [2.05, 4.69) is 0 Å². The highest BCUT2D eigenvalue weighted by atomic mass is 35.5. The van der Waals surface area contributed by atoms with Gasteiger partial charge in [-0.2, -0.15) is 13.2 Å². The summed E-state index contributed by atoms with van der Waals surface area (Å²) in [5.41, 5.74) is 5.09. The quantitative estimate of drug-likeness (QED) is 0.629. The smallest absolute Gasteiger partial charge is 0.326 e. The van der Waals surface area contributed by atoms with E-state index in [4.69, 9.17) is 17.3 Å². The first-order valence-corrected chi connectivity index (χ1v) is 6.77. The van der Waals surface area contributed by atoms with Crippen molar-refractivity contribution in [2.45, 2.75) is 31.1 Å². The fourth-order valence-corrected chi connectivity index (χ4v) is 2.64. The summed E-state index contributed by atoms with van der Waals surface area (Å²) in [6.07, 6.45) is -4.88. The van der Waals surface area contributed by atoms with Gasteiger partial charge in [-0.05, 0) is 25.0 Å². The van der Waals surface area contributed by atoms with Crippen molar-refractivity contribution in [3.8, 4) is 0 Å². The minimum Gasteiger partial charge on any atom is -0.326 e. The van der Waals surface area contributed by atoms with Gasteiger partial charge in [0.25, 0.3) is 5.91 Å². The Morgan fingerprint density at radius 2 is 1.82 bits per heavy atom. The van der Waals surface area contributed by atoms with Crippen molar-refractivity contribution in [3.05, 3.63) is 34.4 Å². The zero-order valence-corrected chi connectivity index (χ0v) is 11.9. The van der Waals surface area contributed by atoms with E-state index in [-0.39, 0.29) is 19.4 Å². The van der Waals surface area contributed by atoms with Gasteiger partial charge in [0, 0.05) is 12.6 Å². The molecule has 0 spiro atoms. The molecule has 0 bridgehead atoms. The number of hydrogen-bond donors (Lipinski definition) is 1. The predicted octanol–water partition coefficient (Wildman–Crippen LogP) is 3.11. The molecule has 1 amide bonds. The minimum absolute atomic E-state index is 0.111. The Morgan fingerprint density at radius 3 is 2.41 bits per heavy atom. The molecule has 1 aliphatic heterocycles. The van der Waals surface area contributed by atoms with Crippen molar-refractivity contribution in [1.82, 2.24) is 4.90 Å².